The molecule has 0 aliphatic carbocycles. The van der Waals surface area contributed by atoms with E-state index >= 15 is 0 Å². The van der Waals surface area contributed by atoms with Crippen molar-refractivity contribution in [2.45, 2.75) is 26.4 Å². The molecule has 0 bridgehead atoms. The van der Waals surface area contributed by atoms with Crippen molar-refractivity contribution in [3.63, 3.8) is 0 Å². The molecule has 4 heteroatoms. The molecule has 0 radical (unpaired) electrons. The summed E-state index contributed by atoms with van der Waals surface area (Å²) >= 11 is 3.33. The summed E-state index contributed by atoms with van der Waals surface area (Å²) in [4.78, 5) is 11.7. The van der Waals surface area contributed by atoms with E-state index in [1.54, 1.807) is 12.1 Å². The van der Waals surface area contributed by atoms with Crippen molar-refractivity contribution in [1.82, 2.24) is 0 Å². The molecule has 0 aliphatic rings. The molecule has 0 atom stereocenters. The molecule has 0 saturated heterocycles. The zero-order valence-corrected chi connectivity index (χ0v) is 12.6. The molecule has 0 fully saturated rings. The van der Waals surface area contributed by atoms with E-state index in [1.165, 1.54) is 0 Å². The van der Waals surface area contributed by atoms with Gasteiger partial charge in [-0.3, -0.25) is 4.79 Å². The molecule has 18 heavy (non-hydrogen) atoms. The highest BCUT2D eigenvalue weighted by Crippen LogP contribution is 2.11. The van der Waals surface area contributed by atoms with E-state index in [4.69, 9.17) is 9.47 Å². The highest BCUT2D eigenvalue weighted by Gasteiger charge is 2.10. The fourth-order valence-electron chi connectivity index (χ4n) is 1.29. The van der Waals surface area contributed by atoms with Crippen molar-refractivity contribution < 1.29 is 14.3 Å². The number of benzene rings is 1. The van der Waals surface area contributed by atoms with Gasteiger partial charge in [0.15, 0.2) is 5.78 Å². The predicted octanol–water partition coefficient (Wildman–Crippen LogP) is 3.46. The van der Waals surface area contributed by atoms with Gasteiger partial charge >= 0.3 is 0 Å². The van der Waals surface area contributed by atoms with E-state index in [0.29, 0.717) is 18.8 Å². The van der Waals surface area contributed by atoms with Crippen molar-refractivity contribution in [2.24, 2.45) is 0 Å². The van der Waals surface area contributed by atoms with Gasteiger partial charge in [0.25, 0.3) is 0 Å². The van der Waals surface area contributed by atoms with E-state index in [9.17, 15) is 4.79 Å². The van der Waals surface area contributed by atoms with Crippen LogP contribution < -0.4 is 0 Å². The topological polar surface area (TPSA) is 35.5 Å². The first kappa shape index (κ1) is 15.3. The minimum absolute atomic E-state index is 0.0155. The molecule has 0 heterocycles. The van der Waals surface area contributed by atoms with Crippen LogP contribution in [0.1, 0.15) is 31.1 Å². The molecule has 100 valence electrons. The Labute approximate surface area is 117 Å². The Morgan fingerprint density at radius 2 is 1.78 bits per heavy atom. The lowest BCUT2D eigenvalue weighted by Crippen LogP contribution is -2.22. The Bertz CT molecular complexity index is 379. The number of ether oxygens (including phenoxy) is 2. The van der Waals surface area contributed by atoms with E-state index in [0.717, 1.165) is 4.47 Å². The van der Waals surface area contributed by atoms with Gasteiger partial charge in [0.05, 0.1) is 18.8 Å². The van der Waals surface area contributed by atoms with Crippen LogP contribution in [0, 0.1) is 0 Å². The summed E-state index contributed by atoms with van der Waals surface area (Å²) in [5.41, 5.74) is 0.494. The largest absolute Gasteiger partial charge is 0.373 e. The summed E-state index contributed by atoms with van der Waals surface area (Å²) in [6.45, 7) is 6.98. The van der Waals surface area contributed by atoms with Gasteiger partial charge < -0.3 is 9.47 Å². The smallest absolute Gasteiger partial charge is 0.188 e. The van der Waals surface area contributed by atoms with Crippen LogP contribution in [0.5, 0.6) is 0 Å². The van der Waals surface area contributed by atoms with Crippen LogP contribution in [-0.2, 0) is 9.47 Å². The molecular weight excluding hydrogens is 296 g/mol. The molecule has 0 aromatic heterocycles. The maximum Gasteiger partial charge on any atom is 0.188 e. The maximum atomic E-state index is 11.7. The zero-order chi connectivity index (χ0) is 13.6. The number of hydrogen-bond donors (Lipinski definition) is 0. The molecule has 3 nitrogen and oxygen atoms in total. The average molecular weight is 315 g/mol. The number of hydrogen-bond acceptors (Lipinski definition) is 3. The minimum atomic E-state index is -0.168. The van der Waals surface area contributed by atoms with Crippen molar-refractivity contribution in [3.8, 4) is 0 Å². The van der Waals surface area contributed by atoms with Crippen LogP contribution in [0.4, 0.5) is 0 Å². The van der Waals surface area contributed by atoms with Gasteiger partial charge in [-0.1, -0.05) is 28.1 Å². The lowest BCUT2D eigenvalue weighted by atomic mass is 10.1. The van der Waals surface area contributed by atoms with Crippen molar-refractivity contribution >= 4 is 21.7 Å². The quantitative estimate of drug-likeness (QED) is 0.596. The highest BCUT2D eigenvalue weighted by atomic mass is 79.9. The number of Topliss-reactive ketones (excluding diaryl/α,β-unsaturated/α-hetero) is 1. The SMILES string of the molecule is CC(C)(C)OCCOCC(=O)c1ccc(Br)cc1. The molecule has 0 N–H and O–H groups in total. The van der Waals surface area contributed by atoms with Gasteiger partial charge in [-0.15, -0.1) is 0 Å². The Hall–Kier alpha value is -0.710. The Kier molecular flexibility index (Phi) is 5.99. The summed E-state index contributed by atoms with van der Waals surface area (Å²) in [6, 6.07) is 7.24. The van der Waals surface area contributed by atoms with Crippen LogP contribution in [0.15, 0.2) is 28.7 Å². The highest BCUT2D eigenvalue weighted by molar-refractivity contribution is 9.10. The summed E-state index contributed by atoms with van der Waals surface area (Å²) < 4.78 is 11.7. The second kappa shape index (κ2) is 7.02. The maximum absolute atomic E-state index is 11.7. The summed E-state index contributed by atoms with van der Waals surface area (Å²) in [7, 11) is 0. The minimum Gasteiger partial charge on any atom is -0.373 e. The number of carbonyl (C=O) groups is 1. The van der Waals surface area contributed by atoms with E-state index in [1.807, 2.05) is 32.9 Å². The zero-order valence-electron chi connectivity index (χ0n) is 11.0. The second-order valence-electron chi connectivity index (χ2n) is 4.94. The summed E-state index contributed by atoms with van der Waals surface area (Å²) in [5, 5.41) is 0. The molecule has 0 spiro atoms. The first-order valence-corrected chi connectivity index (χ1v) is 6.68. The molecule has 1 aromatic rings. The van der Waals surface area contributed by atoms with Crippen LogP contribution in [-0.4, -0.2) is 31.2 Å². The molecule has 0 amide bonds. The van der Waals surface area contributed by atoms with E-state index < -0.39 is 0 Å². The third-order valence-corrected chi connectivity index (χ3v) is 2.69. The number of halogens is 1. The van der Waals surface area contributed by atoms with Gasteiger partial charge in [0, 0.05) is 10.0 Å². The van der Waals surface area contributed by atoms with Crippen molar-refractivity contribution in [3.05, 3.63) is 34.3 Å². The fraction of sp³-hybridized carbons (Fsp3) is 0.500. The molecule has 0 unspecified atom stereocenters. The fourth-order valence-corrected chi connectivity index (χ4v) is 1.56. The molecule has 0 saturated carbocycles. The van der Waals surface area contributed by atoms with Crippen molar-refractivity contribution in [1.29, 1.82) is 0 Å². The number of ketones is 1. The average Bonchev–Trinajstić information content (AvgIpc) is 2.27. The molecular formula is C14H19BrO3. The van der Waals surface area contributed by atoms with Crippen LogP contribution in [0.2, 0.25) is 0 Å². The third kappa shape index (κ3) is 6.28. The normalized spacial score (nSPS) is 11.6. The summed E-state index contributed by atoms with van der Waals surface area (Å²) in [6.07, 6.45) is 0. The third-order valence-electron chi connectivity index (χ3n) is 2.16. The second-order valence-corrected chi connectivity index (χ2v) is 5.86. The number of rotatable bonds is 6. The number of carbonyl (C=O) groups excluding carboxylic acids is 1. The van der Waals surface area contributed by atoms with E-state index in [-0.39, 0.29) is 18.0 Å². The Morgan fingerprint density at radius 3 is 2.33 bits per heavy atom. The Morgan fingerprint density at radius 1 is 1.17 bits per heavy atom. The lowest BCUT2D eigenvalue weighted by molar-refractivity contribution is -0.0324. The predicted molar refractivity (Wildman–Crippen MR) is 75.0 cm³/mol. The van der Waals surface area contributed by atoms with Gasteiger partial charge in [-0.25, -0.2) is 0 Å². The van der Waals surface area contributed by atoms with Gasteiger partial charge in [-0.2, -0.15) is 0 Å². The standard InChI is InChI=1S/C14H19BrO3/c1-14(2,3)18-9-8-17-10-13(16)11-4-6-12(15)7-5-11/h4-7H,8-10H2,1-3H3. The van der Waals surface area contributed by atoms with Gasteiger partial charge in [-0.05, 0) is 32.9 Å². The van der Waals surface area contributed by atoms with Gasteiger partial charge in [0.1, 0.15) is 6.61 Å². The van der Waals surface area contributed by atoms with Crippen molar-refractivity contribution in [2.75, 3.05) is 19.8 Å². The van der Waals surface area contributed by atoms with Crippen LogP contribution in [0.3, 0.4) is 0 Å². The summed E-state index contributed by atoms with van der Waals surface area (Å²) in [5.74, 6) is -0.0155. The van der Waals surface area contributed by atoms with Crippen LogP contribution >= 0.6 is 15.9 Å². The first-order valence-electron chi connectivity index (χ1n) is 5.89. The Balaban J connectivity index is 2.24. The first-order chi connectivity index (χ1) is 8.38. The molecule has 1 rings (SSSR count). The van der Waals surface area contributed by atoms with E-state index in [2.05, 4.69) is 15.9 Å². The van der Waals surface area contributed by atoms with Crippen LogP contribution in [0.25, 0.3) is 0 Å². The molecule has 1 aromatic carbocycles. The molecule has 0 aliphatic heterocycles. The van der Waals surface area contributed by atoms with Gasteiger partial charge in [0.2, 0.25) is 0 Å². The lowest BCUT2D eigenvalue weighted by Gasteiger charge is -2.19. The monoisotopic (exact) mass is 314 g/mol.